The fourth-order valence-corrected chi connectivity index (χ4v) is 2.26. The molecule has 1 heteroatoms. The lowest BCUT2D eigenvalue weighted by atomic mass is 9.94. The van der Waals surface area contributed by atoms with E-state index in [1.807, 2.05) is 0 Å². The van der Waals surface area contributed by atoms with E-state index in [1.54, 1.807) is 0 Å². The van der Waals surface area contributed by atoms with Crippen molar-refractivity contribution >= 4 is 0 Å². The Kier molecular flexibility index (Phi) is 5.70. The van der Waals surface area contributed by atoms with E-state index in [0.29, 0.717) is 0 Å². The molecule has 1 unspecified atom stereocenters. The third-order valence-electron chi connectivity index (χ3n) is 3.57. The lowest BCUT2D eigenvalue weighted by molar-refractivity contribution is 0.162. The monoisotopic (exact) mass is 234 g/mol. The topological polar surface area (TPSA) is 20.2 Å². The van der Waals surface area contributed by atoms with Gasteiger partial charge in [-0.15, -0.1) is 0 Å². The molecule has 1 atom stereocenters. The molecule has 96 valence electrons. The molecular formula is C16H26O. The highest BCUT2D eigenvalue weighted by atomic mass is 16.3. The van der Waals surface area contributed by atoms with Crippen molar-refractivity contribution in [3.05, 3.63) is 34.4 Å². The molecule has 0 aromatic heterocycles. The van der Waals surface area contributed by atoms with Gasteiger partial charge in [0.2, 0.25) is 0 Å². The number of hydrogen-bond acceptors (Lipinski definition) is 1. The summed E-state index contributed by atoms with van der Waals surface area (Å²) in [6.45, 7) is 8.54. The van der Waals surface area contributed by atoms with Crippen molar-refractivity contribution in [2.24, 2.45) is 0 Å². The van der Waals surface area contributed by atoms with Gasteiger partial charge < -0.3 is 5.11 Å². The summed E-state index contributed by atoms with van der Waals surface area (Å²) in [5.74, 6) is 0. The first kappa shape index (κ1) is 14.2. The Labute approximate surface area is 106 Å². The summed E-state index contributed by atoms with van der Waals surface area (Å²) in [6.07, 6.45) is 5.49. The van der Waals surface area contributed by atoms with Crippen molar-refractivity contribution < 1.29 is 5.11 Å². The van der Waals surface area contributed by atoms with E-state index in [-0.39, 0.29) is 6.10 Å². The Bertz CT molecular complexity index is 355. The van der Waals surface area contributed by atoms with Gasteiger partial charge in [-0.2, -0.15) is 0 Å². The van der Waals surface area contributed by atoms with Crippen LogP contribution < -0.4 is 0 Å². The average Bonchev–Trinajstić information content (AvgIpc) is 2.29. The van der Waals surface area contributed by atoms with Gasteiger partial charge in [-0.05, 0) is 49.4 Å². The summed E-state index contributed by atoms with van der Waals surface area (Å²) in [5.41, 5.74) is 4.92. The van der Waals surface area contributed by atoms with E-state index in [4.69, 9.17) is 0 Å². The van der Waals surface area contributed by atoms with Crippen LogP contribution in [0.4, 0.5) is 0 Å². The molecule has 0 aliphatic carbocycles. The quantitative estimate of drug-likeness (QED) is 0.712. The van der Waals surface area contributed by atoms with E-state index in [0.717, 1.165) is 18.4 Å². The molecule has 0 saturated carbocycles. The average molecular weight is 234 g/mol. The van der Waals surface area contributed by atoms with Crippen molar-refractivity contribution in [1.29, 1.82) is 0 Å². The number of aliphatic hydroxyl groups excluding tert-OH is 1. The maximum absolute atomic E-state index is 10.2. The van der Waals surface area contributed by atoms with Gasteiger partial charge in [-0.3, -0.25) is 0 Å². The van der Waals surface area contributed by atoms with Crippen LogP contribution in [0.3, 0.4) is 0 Å². The predicted molar refractivity (Wildman–Crippen MR) is 74.4 cm³/mol. The number of unbranched alkanes of at least 4 members (excludes halogenated alkanes) is 3. The van der Waals surface area contributed by atoms with Crippen molar-refractivity contribution in [3.63, 3.8) is 0 Å². The van der Waals surface area contributed by atoms with E-state index < -0.39 is 0 Å². The van der Waals surface area contributed by atoms with Crippen LogP contribution in [0.1, 0.15) is 67.4 Å². The first-order valence-corrected chi connectivity index (χ1v) is 6.82. The van der Waals surface area contributed by atoms with E-state index in [9.17, 15) is 5.11 Å². The van der Waals surface area contributed by atoms with Crippen LogP contribution in [0.5, 0.6) is 0 Å². The zero-order valence-electron chi connectivity index (χ0n) is 11.7. The Morgan fingerprint density at radius 3 is 2.24 bits per heavy atom. The van der Waals surface area contributed by atoms with Crippen molar-refractivity contribution in [1.82, 2.24) is 0 Å². The maximum atomic E-state index is 10.2. The molecule has 0 heterocycles. The largest absolute Gasteiger partial charge is 0.388 e. The second kappa shape index (κ2) is 6.80. The van der Waals surface area contributed by atoms with Gasteiger partial charge in [0.05, 0.1) is 6.10 Å². The lowest BCUT2D eigenvalue weighted by Crippen LogP contribution is -2.01. The number of aryl methyl sites for hydroxylation is 3. The molecular weight excluding hydrogens is 208 g/mol. The number of benzene rings is 1. The molecule has 1 rings (SSSR count). The van der Waals surface area contributed by atoms with Crippen LogP contribution in [0, 0.1) is 20.8 Å². The number of aliphatic hydroxyl groups is 1. The fourth-order valence-electron chi connectivity index (χ4n) is 2.26. The molecule has 1 aromatic rings. The van der Waals surface area contributed by atoms with Crippen molar-refractivity contribution in [2.75, 3.05) is 0 Å². The molecule has 0 fully saturated rings. The zero-order chi connectivity index (χ0) is 12.8. The molecule has 17 heavy (non-hydrogen) atoms. The molecule has 1 aromatic carbocycles. The Hall–Kier alpha value is -0.820. The molecule has 0 saturated heterocycles. The maximum Gasteiger partial charge on any atom is 0.0792 e. The van der Waals surface area contributed by atoms with Gasteiger partial charge in [0.25, 0.3) is 0 Å². The normalized spacial score (nSPS) is 12.8. The predicted octanol–water partition coefficient (Wildman–Crippen LogP) is 4.62. The number of rotatable bonds is 6. The van der Waals surface area contributed by atoms with Gasteiger partial charge in [-0.1, -0.05) is 44.7 Å². The molecule has 0 spiro atoms. The van der Waals surface area contributed by atoms with E-state index >= 15 is 0 Å². The van der Waals surface area contributed by atoms with Gasteiger partial charge in [0.15, 0.2) is 0 Å². The number of hydrogen-bond donors (Lipinski definition) is 1. The molecule has 0 amide bonds. The third kappa shape index (κ3) is 4.16. The van der Waals surface area contributed by atoms with Gasteiger partial charge >= 0.3 is 0 Å². The van der Waals surface area contributed by atoms with Crippen LogP contribution in [0.15, 0.2) is 12.1 Å². The highest BCUT2D eigenvalue weighted by Crippen LogP contribution is 2.25. The van der Waals surface area contributed by atoms with Crippen molar-refractivity contribution in [3.8, 4) is 0 Å². The molecule has 0 bridgehead atoms. The molecule has 0 aliphatic rings. The Balaban J connectivity index is 2.62. The van der Waals surface area contributed by atoms with Crippen LogP contribution in [-0.2, 0) is 0 Å². The highest BCUT2D eigenvalue weighted by Gasteiger charge is 2.11. The van der Waals surface area contributed by atoms with Crippen LogP contribution in [0.25, 0.3) is 0 Å². The molecule has 0 radical (unpaired) electrons. The van der Waals surface area contributed by atoms with Gasteiger partial charge in [-0.25, -0.2) is 0 Å². The Morgan fingerprint density at radius 1 is 0.941 bits per heavy atom. The molecule has 0 aliphatic heterocycles. The minimum absolute atomic E-state index is 0.286. The molecule has 1 N–H and O–H groups in total. The fraction of sp³-hybridized carbons (Fsp3) is 0.625. The first-order chi connectivity index (χ1) is 8.06. The van der Waals surface area contributed by atoms with E-state index in [1.165, 1.54) is 36.0 Å². The highest BCUT2D eigenvalue weighted by molar-refractivity contribution is 5.37. The van der Waals surface area contributed by atoms with Crippen LogP contribution in [0.2, 0.25) is 0 Å². The third-order valence-corrected chi connectivity index (χ3v) is 3.57. The van der Waals surface area contributed by atoms with Crippen molar-refractivity contribution in [2.45, 2.75) is 65.9 Å². The second-order valence-electron chi connectivity index (χ2n) is 5.16. The summed E-state index contributed by atoms with van der Waals surface area (Å²) in [5, 5.41) is 10.2. The summed E-state index contributed by atoms with van der Waals surface area (Å²) < 4.78 is 0. The van der Waals surface area contributed by atoms with Crippen LogP contribution >= 0.6 is 0 Å². The van der Waals surface area contributed by atoms with Gasteiger partial charge in [0.1, 0.15) is 0 Å². The van der Waals surface area contributed by atoms with Crippen LogP contribution in [-0.4, -0.2) is 5.11 Å². The summed E-state index contributed by atoms with van der Waals surface area (Å²) in [6, 6.07) is 4.33. The molecule has 1 nitrogen and oxygen atoms in total. The summed E-state index contributed by atoms with van der Waals surface area (Å²) >= 11 is 0. The summed E-state index contributed by atoms with van der Waals surface area (Å²) in [4.78, 5) is 0. The second-order valence-corrected chi connectivity index (χ2v) is 5.16. The first-order valence-electron chi connectivity index (χ1n) is 6.82. The standard InChI is InChI=1S/C16H26O/c1-5-6-7-8-9-16(17)15-11-13(3)12(2)10-14(15)4/h10-11,16-17H,5-9H2,1-4H3. The Morgan fingerprint density at radius 2 is 1.59 bits per heavy atom. The zero-order valence-corrected chi connectivity index (χ0v) is 11.7. The minimum atomic E-state index is -0.286. The SMILES string of the molecule is CCCCCCC(O)c1cc(C)c(C)cc1C. The minimum Gasteiger partial charge on any atom is -0.388 e. The smallest absolute Gasteiger partial charge is 0.0792 e. The summed E-state index contributed by atoms with van der Waals surface area (Å²) in [7, 11) is 0. The van der Waals surface area contributed by atoms with Gasteiger partial charge in [0, 0.05) is 0 Å². The van der Waals surface area contributed by atoms with E-state index in [2.05, 4.69) is 39.8 Å². The lowest BCUT2D eigenvalue weighted by Gasteiger charge is -2.16.